The summed E-state index contributed by atoms with van der Waals surface area (Å²) >= 11 is 0. The molecule has 0 bridgehead atoms. The van der Waals surface area contributed by atoms with Crippen LogP contribution in [0.5, 0.6) is 5.75 Å². The fraction of sp³-hybridized carbons (Fsp3) is 0.588. The highest BCUT2D eigenvalue weighted by molar-refractivity contribution is 5.74. The molecule has 4 nitrogen and oxygen atoms in total. The summed E-state index contributed by atoms with van der Waals surface area (Å²) in [6.07, 6.45) is 2.38. The summed E-state index contributed by atoms with van der Waals surface area (Å²) in [5.74, 6) is -0.425. The van der Waals surface area contributed by atoms with E-state index in [1.54, 1.807) is 14.0 Å². The number of ether oxygens (including phenoxy) is 2. The van der Waals surface area contributed by atoms with Crippen LogP contribution in [0.3, 0.4) is 0 Å². The minimum absolute atomic E-state index is 0.392. The molecule has 1 aromatic carbocycles. The molecular weight excluding hydrogens is 268 g/mol. The second kappa shape index (κ2) is 7.46. The van der Waals surface area contributed by atoms with E-state index in [4.69, 9.17) is 9.47 Å². The van der Waals surface area contributed by atoms with E-state index in [-0.39, 0.29) is 0 Å². The number of esters is 1. The van der Waals surface area contributed by atoms with Crippen molar-refractivity contribution < 1.29 is 19.4 Å². The number of rotatable bonds is 7. The predicted octanol–water partition coefficient (Wildman–Crippen LogP) is 3.19. The van der Waals surface area contributed by atoms with Crippen LogP contribution in [-0.4, -0.2) is 25.3 Å². The highest BCUT2D eigenvalue weighted by Crippen LogP contribution is 2.39. The maximum Gasteiger partial charge on any atom is 0.311 e. The van der Waals surface area contributed by atoms with Gasteiger partial charge in [-0.15, -0.1) is 0 Å². The minimum atomic E-state index is -1.33. The van der Waals surface area contributed by atoms with Gasteiger partial charge in [-0.3, -0.25) is 4.79 Å². The number of carbonyl (C=O) groups excluding carboxylic acids is 1. The molecule has 118 valence electrons. The van der Waals surface area contributed by atoms with Gasteiger partial charge in [-0.25, -0.2) is 0 Å². The molecule has 1 N–H and O–H groups in total. The molecule has 0 aliphatic carbocycles. The van der Waals surface area contributed by atoms with Crippen LogP contribution in [-0.2, 0) is 15.1 Å². The molecule has 0 saturated carbocycles. The Morgan fingerprint density at radius 1 is 1.38 bits per heavy atom. The van der Waals surface area contributed by atoms with Gasteiger partial charge >= 0.3 is 5.97 Å². The molecule has 1 rings (SSSR count). The highest BCUT2D eigenvalue weighted by atomic mass is 16.5. The van der Waals surface area contributed by atoms with Crippen molar-refractivity contribution in [3.63, 3.8) is 0 Å². The average molecular weight is 294 g/mol. The molecule has 2 atom stereocenters. The molecule has 0 radical (unpaired) electrons. The molecule has 0 amide bonds. The number of carbonyl (C=O) groups is 1. The average Bonchev–Trinajstić information content (AvgIpc) is 2.47. The predicted molar refractivity (Wildman–Crippen MR) is 82.3 cm³/mol. The summed E-state index contributed by atoms with van der Waals surface area (Å²) < 4.78 is 10.2. The smallest absolute Gasteiger partial charge is 0.311 e. The first-order chi connectivity index (χ1) is 9.88. The summed E-state index contributed by atoms with van der Waals surface area (Å²) in [7, 11) is 2.91. The zero-order valence-corrected chi connectivity index (χ0v) is 13.6. The Labute approximate surface area is 127 Å². The first kappa shape index (κ1) is 17.5. The van der Waals surface area contributed by atoms with E-state index in [1.807, 2.05) is 25.1 Å². The lowest BCUT2D eigenvalue weighted by Crippen LogP contribution is -2.38. The van der Waals surface area contributed by atoms with E-state index in [9.17, 15) is 9.90 Å². The quantitative estimate of drug-likeness (QED) is 0.785. The van der Waals surface area contributed by atoms with Crippen molar-refractivity contribution in [1.29, 1.82) is 0 Å². The second-order valence-corrected chi connectivity index (χ2v) is 5.57. The Kier molecular flexibility index (Phi) is 6.21. The molecule has 0 aromatic heterocycles. The van der Waals surface area contributed by atoms with Crippen molar-refractivity contribution in [2.75, 3.05) is 14.2 Å². The van der Waals surface area contributed by atoms with Gasteiger partial charge in [-0.05, 0) is 32.4 Å². The Hall–Kier alpha value is -1.55. The van der Waals surface area contributed by atoms with Crippen LogP contribution in [0.25, 0.3) is 0 Å². The molecule has 1 aromatic rings. The van der Waals surface area contributed by atoms with E-state index in [2.05, 4.69) is 6.92 Å². The van der Waals surface area contributed by atoms with Gasteiger partial charge in [0, 0.05) is 5.56 Å². The number of aryl methyl sites for hydroxylation is 1. The van der Waals surface area contributed by atoms with Crippen molar-refractivity contribution in [3.05, 3.63) is 29.3 Å². The lowest BCUT2D eigenvalue weighted by atomic mass is 9.79. The van der Waals surface area contributed by atoms with Gasteiger partial charge in [0.1, 0.15) is 11.4 Å². The minimum Gasteiger partial charge on any atom is -0.496 e. The summed E-state index contributed by atoms with van der Waals surface area (Å²) in [5.41, 5.74) is 0.293. The Morgan fingerprint density at radius 2 is 2.05 bits per heavy atom. The molecule has 0 aliphatic rings. The molecule has 2 unspecified atom stereocenters. The van der Waals surface area contributed by atoms with Crippen molar-refractivity contribution in [2.24, 2.45) is 5.92 Å². The Bertz CT molecular complexity index is 480. The van der Waals surface area contributed by atoms with E-state index < -0.39 is 17.5 Å². The third kappa shape index (κ3) is 3.97. The zero-order valence-electron chi connectivity index (χ0n) is 13.6. The first-order valence-corrected chi connectivity index (χ1v) is 7.33. The van der Waals surface area contributed by atoms with Gasteiger partial charge in [0.15, 0.2) is 0 Å². The van der Waals surface area contributed by atoms with Gasteiger partial charge in [-0.1, -0.05) is 31.4 Å². The van der Waals surface area contributed by atoms with Gasteiger partial charge < -0.3 is 14.6 Å². The molecule has 0 spiro atoms. The second-order valence-electron chi connectivity index (χ2n) is 5.57. The number of methoxy groups -OCH3 is 2. The molecule has 21 heavy (non-hydrogen) atoms. The molecule has 0 aliphatic heterocycles. The topological polar surface area (TPSA) is 55.8 Å². The summed E-state index contributed by atoms with van der Waals surface area (Å²) in [6, 6.07) is 5.59. The fourth-order valence-corrected chi connectivity index (χ4v) is 2.58. The van der Waals surface area contributed by atoms with Crippen LogP contribution < -0.4 is 4.74 Å². The molecule has 0 heterocycles. The molecule has 0 fully saturated rings. The summed E-state index contributed by atoms with van der Waals surface area (Å²) in [4.78, 5) is 12.1. The standard InChI is InChI=1S/C17H26O4/c1-6-7-8-13(16(18)21-5)17(3,19)14-11-12(2)9-10-15(14)20-4/h9-11,13,19H,6-8H2,1-5H3. The van der Waals surface area contributed by atoms with Crippen molar-refractivity contribution in [2.45, 2.75) is 45.6 Å². The normalized spacial score (nSPS) is 15.1. The largest absolute Gasteiger partial charge is 0.496 e. The number of hydrogen-bond acceptors (Lipinski definition) is 4. The number of unbranched alkanes of at least 4 members (excludes halogenated alkanes) is 1. The van der Waals surface area contributed by atoms with Crippen LogP contribution in [0.2, 0.25) is 0 Å². The van der Waals surface area contributed by atoms with E-state index >= 15 is 0 Å². The van der Waals surface area contributed by atoms with Crippen LogP contribution in [0, 0.1) is 12.8 Å². The number of aliphatic hydroxyl groups is 1. The zero-order chi connectivity index (χ0) is 16.0. The van der Waals surface area contributed by atoms with Gasteiger partial charge in [0.05, 0.1) is 20.1 Å². The highest BCUT2D eigenvalue weighted by Gasteiger charge is 2.41. The number of benzene rings is 1. The van der Waals surface area contributed by atoms with E-state index in [1.165, 1.54) is 7.11 Å². The van der Waals surface area contributed by atoms with Crippen LogP contribution >= 0.6 is 0 Å². The lowest BCUT2D eigenvalue weighted by Gasteiger charge is -2.32. The maximum absolute atomic E-state index is 12.1. The van der Waals surface area contributed by atoms with Crippen LogP contribution in [0.4, 0.5) is 0 Å². The van der Waals surface area contributed by atoms with Gasteiger partial charge in [0.25, 0.3) is 0 Å². The van der Waals surface area contributed by atoms with Crippen molar-refractivity contribution in [3.8, 4) is 5.75 Å². The van der Waals surface area contributed by atoms with E-state index in [0.717, 1.165) is 18.4 Å². The summed E-state index contributed by atoms with van der Waals surface area (Å²) in [6.45, 7) is 5.65. The monoisotopic (exact) mass is 294 g/mol. The van der Waals surface area contributed by atoms with Crippen LogP contribution in [0.1, 0.15) is 44.2 Å². The van der Waals surface area contributed by atoms with Crippen molar-refractivity contribution in [1.82, 2.24) is 0 Å². The third-order valence-corrected chi connectivity index (χ3v) is 3.91. The van der Waals surface area contributed by atoms with Gasteiger partial charge in [0.2, 0.25) is 0 Å². The molecule has 4 heteroatoms. The fourth-order valence-electron chi connectivity index (χ4n) is 2.58. The first-order valence-electron chi connectivity index (χ1n) is 7.33. The van der Waals surface area contributed by atoms with Crippen molar-refractivity contribution >= 4 is 5.97 Å². The third-order valence-electron chi connectivity index (χ3n) is 3.91. The SMILES string of the molecule is CCCCC(C(=O)OC)C(C)(O)c1cc(C)ccc1OC. The Balaban J connectivity index is 3.26. The maximum atomic E-state index is 12.1. The molecular formula is C17H26O4. The molecule has 0 saturated heterocycles. The lowest BCUT2D eigenvalue weighted by molar-refractivity contribution is -0.156. The van der Waals surface area contributed by atoms with Crippen LogP contribution in [0.15, 0.2) is 18.2 Å². The van der Waals surface area contributed by atoms with E-state index in [0.29, 0.717) is 17.7 Å². The number of hydrogen-bond donors (Lipinski definition) is 1. The Morgan fingerprint density at radius 3 is 2.57 bits per heavy atom. The van der Waals surface area contributed by atoms with Gasteiger partial charge in [-0.2, -0.15) is 0 Å². The summed E-state index contributed by atoms with van der Waals surface area (Å²) in [5, 5.41) is 11.0.